The highest BCUT2D eigenvalue weighted by molar-refractivity contribution is 5.96. The third-order valence-corrected chi connectivity index (χ3v) is 5.40. The highest BCUT2D eigenvalue weighted by Gasteiger charge is 2.19. The number of nitrogens with one attached hydrogen (secondary N) is 1. The van der Waals surface area contributed by atoms with E-state index in [1.165, 1.54) is 5.56 Å². The molecule has 0 atom stereocenters. The third-order valence-electron chi connectivity index (χ3n) is 5.40. The standard InChI is InChI=1S/C25H24N2O/c28-25(23-13-11-21(12-14-23)19-7-3-1-4-8-19)27-26-24-17-15-22(16-18-24)20-9-5-2-6-10-20/h1-14,22H,15-18H2,(H,27,28). The summed E-state index contributed by atoms with van der Waals surface area (Å²) in [6.07, 6.45) is 4.05. The second kappa shape index (κ2) is 8.66. The Balaban J connectivity index is 1.33. The molecule has 4 rings (SSSR count). The topological polar surface area (TPSA) is 41.5 Å². The molecule has 0 saturated heterocycles. The van der Waals surface area contributed by atoms with Crippen LogP contribution in [0.3, 0.4) is 0 Å². The summed E-state index contributed by atoms with van der Waals surface area (Å²) >= 11 is 0. The molecule has 1 saturated carbocycles. The number of hydrazone groups is 1. The van der Waals surface area contributed by atoms with E-state index in [2.05, 4.69) is 53.0 Å². The van der Waals surface area contributed by atoms with Gasteiger partial charge in [-0.15, -0.1) is 0 Å². The van der Waals surface area contributed by atoms with Gasteiger partial charge in [0.05, 0.1) is 0 Å². The number of carbonyl (C=O) groups excluding carboxylic acids is 1. The van der Waals surface area contributed by atoms with Crippen LogP contribution in [0.4, 0.5) is 0 Å². The Hall–Kier alpha value is -3.20. The Kier molecular flexibility index (Phi) is 5.62. The molecule has 1 amide bonds. The van der Waals surface area contributed by atoms with Crippen LogP contribution in [-0.2, 0) is 0 Å². The molecule has 0 aromatic heterocycles. The van der Waals surface area contributed by atoms with Crippen LogP contribution in [0.5, 0.6) is 0 Å². The lowest BCUT2D eigenvalue weighted by atomic mass is 9.83. The quantitative estimate of drug-likeness (QED) is 0.581. The van der Waals surface area contributed by atoms with Crippen LogP contribution in [0.1, 0.15) is 47.5 Å². The van der Waals surface area contributed by atoms with Crippen molar-refractivity contribution in [1.82, 2.24) is 5.43 Å². The lowest BCUT2D eigenvalue weighted by molar-refractivity contribution is 0.0954. The van der Waals surface area contributed by atoms with Gasteiger partial charge < -0.3 is 0 Å². The van der Waals surface area contributed by atoms with Crippen molar-refractivity contribution in [3.8, 4) is 11.1 Å². The molecule has 0 radical (unpaired) electrons. The van der Waals surface area contributed by atoms with Gasteiger partial charge in [-0.3, -0.25) is 4.79 Å². The summed E-state index contributed by atoms with van der Waals surface area (Å²) in [7, 11) is 0. The van der Waals surface area contributed by atoms with Crippen LogP contribution in [0.2, 0.25) is 0 Å². The third kappa shape index (κ3) is 4.37. The summed E-state index contributed by atoms with van der Waals surface area (Å²) in [5.41, 5.74) is 8.09. The van der Waals surface area contributed by atoms with Crippen molar-refractivity contribution in [2.75, 3.05) is 0 Å². The maximum atomic E-state index is 12.4. The smallest absolute Gasteiger partial charge is 0.267 e. The Morgan fingerprint density at radius 2 is 1.32 bits per heavy atom. The van der Waals surface area contributed by atoms with Crippen LogP contribution in [0.15, 0.2) is 90.0 Å². The number of rotatable bonds is 4. The summed E-state index contributed by atoms with van der Waals surface area (Å²) in [5.74, 6) is 0.443. The Bertz CT molecular complexity index is 937. The summed E-state index contributed by atoms with van der Waals surface area (Å²) in [5, 5.41) is 4.39. The van der Waals surface area contributed by atoms with Gasteiger partial charge in [0, 0.05) is 11.3 Å². The van der Waals surface area contributed by atoms with Crippen LogP contribution >= 0.6 is 0 Å². The number of benzene rings is 3. The normalized spacial score (nSPS) is 16.4. The molecule has 1 aliphatic carbocycles. The summed E-state index contributed by atoms with van der Waals surface area (Å²) < 4.78 is 0. The molecular weight excluding hydrogens is 344 g/mol. The molecule has 3 heteroatoms. The molecule has 1 N–H and O–H groups in total. The minimum Gasteiger partial charge on any atom is -0.267 e. The predicted molar refractivity (Wildman–Crippen MR) is 114 cm³/mol. The molecule has 3 aromatic carbocycles. The van der Waals surface area contributed by atoms with Gasteiger partial charge in [-0.1, -0.05) is 72.8 Å². The van der Waals surface area contributed by atoms with Crippen LogP contribution in [-0.4, -0.2) is 11.6 Å². The lowest BCUT2D eigenvalue weighted by Crippen LogP contribution is -2.22. The number of hydrogen-bond donors (Lipinski definition) is 1. The Morgan fingerprint density at radius 3 is 1.96 bits per heavy atom. The minimum absolute atomic E-state index is 0.155. The summed E-state index contributed by atoms with van der Waals surface area (Å²) in [6.45, 7) is 0. The van der Waals surface area contributed by atoms with Crippen LogP contribution < -0.4 is 5.43 Å². The molecule has 1 aliphatic rings. The van der Waals surface area contributed by atoms with E-state index in [1.807, 2.05) is 42.5 Å². The molecule has 0 heterocycles. The highest BCUT2D eigenvalue weighted by atomic mass is 16.2. The minimum atomic E-state index is -0.155. The zero-order valence-corrected chi connectivity index (χ0v) is 15.8. The number of nitrogens with zero attached hydrogens (tertiary/aromatic N) is 1. The van der Waals surface area contributed by atoms with E-state index in [1.54, 1.807) is 0 Å². The predicted octanol–water partition coefficient (Wildman–Crippen LogP) is 5.80. The number of hydrogen-bond acceptors (Lipinski definition) is 2. The molecule has 0 unspecified atom stereocenters. The van der Waals surface area contributed by atoms with Crippen molar-refractivity contribution in [2.45, 2.75) is 31.6 Å². The van der Waals surface area contributed by atoms with E-state index in [-0.39, 0.29) is 5.91 Å². The molecule has 3 nitrogen and oxygen atoms in total. The first-order valence-electron chi connectivity index (χ1n) is 9.86. The van der Waals surface area contributed by atoms with Crippen molar-refractivity contribution < 1.29 is 4.79 Å². The molecule has 3 aromatic rings. The first-order valence-corrected chi connectivity index (χ1v) is 9.86. The molecule has 0 spiro atoms. The van der Waals surface area contributed by atoms with E-state index >= 15 is 0 Å². The summed E-state index contributed by atoms with van der Waals surface area (Å²) in [6, 6.07) is 28.5. The van der Waals surface area contributed by atoms with E-state index in [4.69, 9.17) is 0 Å². The van der Waals surface area contributed by atoms with Crippen LogP contribution in [0, 0.1) is 0 Å². The second-order valence-electron chi connectivity index (χ2n) is 7.25. The fourth-order valence-electron chi connectivity index (χ4n) is 3.76. The van der Waals surface area contributed by atoms with Crippen LogP contribution in [0.25, 0.3) is 11.1 Å². The first-order chi connectivity index (χ1) is 13.8. The number of amides is 1. The first kappa shape index (κ1) is 18.2. The average Bonchev–Trinajstić information content (AvgIpc) is 2.79. The lowest BCUT2D eigenvalue weighted by Gasteiger charge is -2.23. The van der Waals surface area contributed by atoms with Gasteiger partial charge in [0.2, 0.25) is 0 Å². The van der Waals surface area contributed by atoms with Crippen molar-refractivity contribution in [3.63, 3.8) is 0 Å². The SMILES string of the molecule is O=C(NN=C1CCC(c2ccccc2)CC1)c1ccc(-c2ccccc2)cc1. The van der Waals surface area contributed by atoms with Gasteiger partial charge in [0.25, 0.3) is 5.91 Å². The van der Waals surface area contributed by atoms with E-state index in [0.717, 1.165) is 42.5 Å². The van der Waals surface area contributed by atoms with Crippen molar-refractivity contribution in [3.05, 3.63) is 96.1 Å². The molecular formula is C25H24N2O. The van der Waals surface area contributed by atoms with E-state index < -0.39 is 0 Å². The van der Waals surface area contributed by atoms with Crippen molar-refractivity contribution in [2.24, 2.45) is 5.10 Å². The maximum absolute atomic E-state index is 12.4. The molecule has 1 fully saturated rings. The molecule has 0 bridgehead atoms. The van der Waals surface area contributed by atoms with Gasteiger partial charge in [0.15, 0.2) is 0 Å². The molecule has 140 valence electrons. The van der Waals surface area contributed by atoms with Crippen molar-refractivity contribution >= 4 is 11.6 Å². The monoisotopic (exact) mass is 368 g/mol. The second-order valence-corrected chi connectivity index (χ2v) is 7.25. The largest absolute Gasteiger partial charge is 0.271 e. The van der Waals surface area contributed by atoms with Gasteiger partial charge in [0.1, 0.15) is 0 Å². The molecule has 28 heavy (non-hydrogen) atoms. The van der Waals surface area contributed by atoms with Gasteiger partial charge in [-0.25, -0.2) is 5.43 Å². The average molecular weight is 368 g/mol. The zero-order valence-electron chi connectivity index (χ0n) is 15.8. The maximum Gasteiger partial charge on any atom is 0.271 e. The van der Waals surface area contributed by atoms with E-state index in [9.17, 15) is 4.79 Å². The Labute approximate surface area is 166 Å². The van der Waals surface area contributed by atoms with Crippen molar-refractivity contribution in [1.29, 1.82) is 0 Å². The Morgan fingerprint density at radius 1 is 0.750 bits per heavy atom. The fraction of sp³-hybridized carbons (Fsp3) is 0.200. The summed E-state index contributed by atoms with van der Waals surface area (Å²) in [4.78, 5) is 12.4. The molecule has 0 aliphatic heterocycles. The fourth-order valence-corrected chi connectivity index (χ4v) is 3.76. The van der Waals surface area contributed by atoms with Gasteiger partial charge in [-0.2, -0.15) is 5.10 Å². The van der Waals surface area contributed by atoms with E-state index in [0.29, 0.717) is 11.5 Å². The number of carbonyl (C=O) groups is 1. The zero-order chi connectivity index (χ0) is 19.2. The highest BCUT2D eigenvalue weighted by Crippen LogP contribution is 2.31. The van der Waals surface area contributed by atoms with Gasteiger partial charge >= 0.3 is 0 Å². The van der Waals surface area contributed by atoms with Gasteiger partial charge in [-0.05, 0) is 60.4 Å².